The minimum Gasteiger partial charge on any atom is -0.453 e. The lowest BCUT2D eigenvalue weighted by Gasteiger charge is -2.64. The highest BCUT2D eigenvalue weighted by atomic mass is 16.7. The molecule has 1 aromatic carbocycles. The van der Waals surface area contributed by atoms with Crippen molar-refractivity contribution < 1.29 is 33.2 Å². The van der Waals surface area contributed by atoms with Crippen LogP contribution in [0.15, 0.2) is 30.3 Å². The highest BCUT2D eigenvalue weighted by molar-refractivity contribution is 6.46. The van der Waals surface area contributed by atoms with E-state index in [9.17, 15) is 19.2 Å². The fourth-order valence-electron chi connectivity index (χ4n) is 7.01. The molecule has 3 unspecified atom stereocenters. The summed E-state index contributed by atoms with van der Waals surface area (Å²) < 4.78 is 17.3. The van der Waals surface area contributed by atoms with Gasteiger partial charge >= 0.3 is 13.2 Å². The van der Waals surface area contributed by atoms with Gasteiger partial charge in [-0.25, -0.2) is 4.79 Å². The smallest absolute Gasteiger partial charge is 0.453 e. The topological polar surface area (TPSA) is 144 Å². The number of hydrogen-bond acceptors (Lipinski definition) is 7. The Kier molecular flexibility index (Phi) is 10.1. The number of benzene rings is 1. The van der Waals surface area contributed by atoms with Crippen molar-refractivity contribution in [3.05, 3.63) is 35.9 Å². The summed E-state index contributed by atoms with van der Waals surface area (Å²) in [5.74, 6) is -0.610. The monoisotopic (exact) mass is 598 g/mol. The molecule has 5 rings (SSSR count). The summed E-state index contributed by atoms with van der Waals surface area (Å²) in [4.78, 5) is 51.8. The minimum atomic E-state index is -0.989. The third-order valence-electron chi connectivity index (χ3n) is 9.81. The van der Waals surface area contributed by atoms with E-state index in [-0.39, 0.29) is 41.8 Å². The predicted octanol–water partition coefficient (Wildman–Crippen LogP) is 2.37. The van der Waals surface area contributed by atoms with Crippen molar-refractivity contribution in [2.45, 2.75) is 97.1 Å². The molecule has 3 aliphatic carbocycles. The summed E-state index contributed by atoms with van der Waals surface area (Å²) in [7, 11) is 0.663. The van der Waals surface area contributed by atoms with Gasteiger partial charge in [0.15, 0.2) is 0 Å². The second-order valence-corrected chi connectivity index (χ2v) is 13.2. The number of hydrogen-bond donors (Lipinski definition) is 4. The normalized spacial score (nSPS) is 27.2. The summed E-state index contributed by atoms with van der Waals surface area (Å²) in [6, 6.07) is 6.52. The first-order valence-corrected chi connectivity index (χ1v) is 15.4. The van der Waals surface area contributed by atoms with E-state index in [4.69, 9.17) is 9.31 Å². The first-order valence-electron chi connectivity index (χ1n) is 15.4. The molecule has 4 aliphatic rings. The van der Waals surface area contributed by atoms with Crippen LogP contribution in [0.2, 0.25) is 0 Å². The predicted molar refractivity (Wildman–Crippen MR) is 162 cm³/mol. The number of carbonyl (C=O) groups excluding carboxylic acids is 4. The maximum atomic E-state index is 13.5. The number of rotatable bonds is 12. The Labute approximate surface area is 255 Å². The van der Waals surface area contributed by atoms with E-state index in [2.05, 4.69) is 46.8 Å². The third kappa shape index (κ3) is 7.01. The van der Waals surface area contributed by atoms with E-state index in [1.54, 1.807) is 20.8 Å². The van der Waals surface area contributed by atoms with Gasteiger partial charge in [-0.15, -0.1) is 0 Å². The van der Waals surface area contributed by atoms with E-state index in [0.29, 0.717) is 18.3 Å². The van der Waals surface area contributed by atoms with Crippen LogP contribution in [0.3, 0.4) is 0 Å². The minimum absolute atomic E-state index is 0.0125. The third-order valence-corrected chi connectivity index (χ3v) is 9.81. The van der Waals surface area contributed by atoms with Crippen LogP contribution >= 0.6 is 0 Å². The van der Waals surface area contributed by atoms with Gasteiger partial charge in [0.2, 0.25) is 17.7 Å². The molecule has 0 spiro atoms. The Hall–Kier alpha value is -3.12. The van der Waals surface area contributed by atoms with Crippen LogP contribution in [0.5, 0.6) is 0 Å². The van der Waals surface area contributed by atoms with Crippen LogP contribution in [0.4, 0.5) is 4.79 Å². The number of ether oxygens (including phenoxy) is 1. The molecule has 4 N–H and O–H groups in total. The van der Waals surface area contributed by atoms with Gasteiger partial charge < -0.3 is 35.3 Å². The van der Waals surface area contributed by atoms with E-state index in [1.165, 1.54) is 7.11 Å². The molecular formula is C31H47BN4O7. The van der Waals surface area contributed by atoms with Gasteiger partial charge in [0.25, 0.3) is 0 Å². The van der Waals surface area contributed by atoms with E-state index in [0.717, 1.165) is 18.4 Å². The van der Waals surface area contributed by atoms with Gasteiger partial charge in [0, 0.05) is 6.42 Å². The number of methoxy groups -OCH3 is 1. The lowest BCUT2D eigenvalue weighted by atomic mass is 9.43. The molecule has 236 valence electrons. The van der Waals surface area contributed by atoms with E-state index in [1.807, 2.05) is 30.3 Å². The molecule has 0 radical (unpaired) electrons. The van der Waals surface area contributed by atoms with Crippen molar-refractivity contribution in [1.82, 2.24) is 21.3 Å². The van der Waals surface area contributed by atoms with Gasteiger partial charge in [0.05, 0.1) is 25.3 Å². The van der Waals surface area contributed by atoms with Crippen LogP contribution in [-0.2, 0) is 34.9 Å². The molecule has 1 saturated heterocycles. The average Bonchev–Trinajstić information content (AvgIpc) is 3.33. The zero-order valence-corrected chi connectivity index (χ0v) is 26.4. The largest absolute Gasteiger partial charge is 0.478 e. The maximum Gasteiger partial charge on any atom is 0.478 e. The van der Waals surface area contributed by atoms with Gasteiger partial charge in [-0.3, -0.25) is 14.4 Å². The SMILES string of the molecule is CC[C@H](NC(=O)C(Cc1ccccc1)NC(=O)[C@@H](NC(=O)OC)C(C)C)C(=O)NCB1O[C@@H]2CC3CC(C3(C)C)[C@]2(C)O1. The second kappa shape index (κ2) is 13.3. The molecule has 11 nitrogen and oxygen atoms in total. The Balaban J connectivity index is 1.37. The highest BCUT2D eigenvalue weighted by Gasteiger charge is 2.67. The van der Waals surface area contributed by atoms with Crippen LogP contribution < -0.4 is 21.3 Å². The molecule has 1 heterocycles. The average molecular weight is 599 g/mol. The first-order chi connectivity index (χ1) is 20.3. The Morgan fingerprint density at radius 1 is 0.977 bits per heavy atom. The molecule has 12 heteroatoms. The fourth-order valence-corrected chi connectivity index (χ4v) is 7.01. The quantitative estimate of drug-likeness (QED) is 0.271. The summed E-state index contributed by atoms with van der Waals surface area (Å²) in [5, 5.41) is 11.0. The number of nitrogens with one attached hydrogen (secondary N) is 4. The van der Waals surface area contributed by atoms with Crippen LogP contribution in [0.1, 0.15) is 66.4 Å². The van der Waals surface area contributed by atoms with Crippen LogP contribution in [0, 0.1) is 23.2 Å². The fraction of sp³-hybridized carbons (Fsp3) is 0.677. The molecule has 2 bridgehead atoms. The van der Waals surface area contributed by atoms with Gasteiger partial charge in [-0.05, 0) is 54.9 Å². The van der Waals surface area contributed by atoms with Crippen molar-refractivity contribution in [1.29, 1.82) is 0 Å². The molecule has 7 atom stereocenters. The molecule has 0 aromatic heterocycles. The molecule has 4 fully saturated rings. The van der Waals surface area contributed by atoms with Crippen molar-refractivity contribution in [3.8, 4) is 0 Å². The number of amides is 4. The van der Waals surface area contributed by atoms with Gasteiger partial charge in [-0.1, -0.05) is 65.0 Å². The van der Waals surface area contributed by atoms with Crippen molar-refractivity contribution in [2.24, 2.45) is 23.2 Å². The van der Waals surface area contributed by atoms with Crippen LogP contribution in [-0.4, -0.2) is 74.3 Å². The summed E-state index contributed by atoms with van der Waals surface area (Å²) >= 11 is 0. The van der Waals surface area contributed by atoms with Crippen LogP contribution in [0.25, 0.3) is 0 Å². The Morgan fingerprint density at radius 2 is 1.65 bits per heavy atom. The van der Waals surface area contributed by atoms with Gasteiger partial charge in [-0.2, -0.15) is 0 Å². The number of carbonyl (C=O) groups is 4. The lowest BCUT2D eigenvalue weighted by Crippen LogP contribution is -2.65. The summed E-state index contributed by atoms with van der Waals surface area (Å²) in [5.41, 5.74) is 0.681. The second-order valence-electron chi connectivity index (χ2n) is 13.2. The summed E-state index contributed by atoms with van der Waals surface area (Å²) in [6.45, 7) is 12.1. The Bertz CT molecular complexity index is 1180. The highest BCUT2D eigenvalue weighted by Crippen LogP contribution is 2.65. The standard InChI is InChI=1S/C31H47BN4O7/c1-8-21(26(37)33-17-32-42-24-16-20-15-23(30(20,4)5)31(24,6)43-32)34-27(38)22(14-19-12-10-9-11-13-19)35-28(39)25(18(2)3)36-29(40)41-7/h9-13,18,20-25H,8,14-17H2,1-7H3,(H,33,37)(H,34,38)(H,35,39)(H,36,40)/t20?,21-,22?,23?,24+,25-,31-/m0/s1. The molecular weight excluding hydrogens is 551 g/mol. The van der Waals surface area contributed by atoms with Crippen molar-refractivity contribution in [2.75, 3.05) is 13.6 Å². The lowest BCUT2D eigenvalue weighted by molar-refractivity contribution is -0.199. The molecule has 43 heavy (non-hydrogen) atoms. The molecule has 3 saturated carbocycles. The van der Waals surface area contributed by atoms with E-state index >= 15 is 0 Å². The molecule has 1 aromatic rings. The summed E-state index contributed by atoms with van der Waals surface area (Å²) in [6.07, 6.45) is 2.08. The molecule has 4 amide bonds. The van der Waals surface area contributed by atoms with Gasteiger partial charge in [0.1, 0.15) is 18.1 Å². The first kappa shape index (κ1) is 32.8. The van der Waals surface area contributed by atoms with Crippen molar-refractivity contribution in [3.63, 3.8) is 0 Å². The zero-order chi connectivity index (χ0) is 31.5. The van der Waals surface area contributed by atoms with Crippen molar-refractivity contribution >= 4 is 30.9 Å². The zero-order valence-electron chi connectivity index (χ0n) is 26.4. The molecule has 1 aliphatic heterocycles. The maximum absolute atomic E-state index is 13.5. The Morgan fingerprint density at radius 3 is 2.26 bits per heavy atom. The van der Waals surface area contributed by atoms with E-state index < -0.39 is 43.2 Å². The number of alkyl carbamates (subject to hydrolysis) is 1.